The Hall–Kier alpha value is -1.20. The van der Waals surface area contributed by atoms with Gasteiger partial charge in [-0.05, 0) is 43.4 Å². The number of rotatable bonds is 7. The molecule has 1 heterocycles. The maximum Gasteiger partial charge on any atom is 0.226 e. The maximum atomic E-state index is 5.68. The molecule has 114 valence electrons. The molecule has 1 aromatic carbocycles. The molecule has 5 heteroatoms. The van der Waals surface area contributed by atoms with Crippen molar-refractivity contribution in [1.82, 2.24) is 10.1 Å². The molecule has 2 rings (SSSR count). The van der Waals surface area contributed by atoms with Gasteiger partial charge in [0.1, 0.15) is 0 Å². The first-order chi connectivity index (χ1) is 10.1. The van der Waals surface area contributed by atoms with Crippen LogP contribution >= 0.6 is 15.9 Å². The standard InChI is InChI=1S/C16H22BrN3O/c1-11(2)12(9-10-18)7-8-15-19-16(20-21-15)13-5-3-4-6-14(13)17/h3-6,11-12H,7-10,18H2,1-2H3. The van der Waals surface area contributed by atoms with Crippen molar-refractivity contribution in [2.75, 3.05) is 6.54 Å². The highest BCUT2D eigenvalue weighted by Gasteiger charge is 2.16. The molecule has 0 fully saturated rings. The monoisotopic (exact) mass is 351 g/mol. The van der Waals surface area contributed by atoms with E-state index in [9.17, 15) is 0 Å². The van der Waals surface area contributed by atoms with E-state index in [1.54, 1.807) is 0 Å². The fourth-order valence-electron chi connectivity index (χ4n) is 2.44. The zero-order valence-corrected chi connectivity index (χ0v) is 14.1. The van der Waals surface area contributed by atoms with Crippen LogP contribution < -0.4 is 5.73 Å². The van der Waals surface area contributed by atoms with Crippen molar-refractivity contribution in [1.29, 1.82) is 0 Å². The second-order valence-electron chi connectivity index (χ2n) is 5.61. The quantitative estimate of drug-likeness (QED) is 0.816. The molecular weight excluding hydrogens is 330 g/mol. The number of nitrogens with zero attached hydrogens (tertiary/aromatic N) is 2. The van der Waals surface area contributed by atoms with Crippen LogP contribution in [0.2, 0.25) is 0 Å². The first-order valence-electron chi connectivity index (χ1n) is 7.39. The third kappa shape index (κ3) is 4.38. The number of aromatic nitrogens is 2. The number of halogens is 1. The van der Waals surface area contributed by atoms with Crippen molar-refractivity contribution in [2.45, 2.75) is 33.1 Å². The predicted octanol–water partition coefficient (Wildman–Crippen LogP) is 4.05. The summed E-state index contributed by atoms with van der Waals surface area (Å²) in [5.41, 5.74) is 6.63. The van der Waals surface area contributed by atoms with E-state index in [0.29, 0.717) is 23.6 Å². The molecular formula is C16H22BrN3O. The summed E-state index contributed by atoms with van der Waals surface area (Å²) >= 11 is 3.51. The molecule has 0 bridgehead atoms. The number of nitrogens with two attached hydrogens (primary N) is 1. The van der Waals surface area contributed by atoms with Gasteiger partial charge in [0.15, 0.2) is 0 Å². The third-order valence-corrected chi connectivity index (χ3v) is 4.48. The molecule has 0 amide bonds. The van der Waals surface area contributed by atoms with Crippen molar-refractivity contribution < 1.29 is 4.52 Å². The van der Waals surface area contributed by atoms with Crippen molar-refractivity contribution in [3.63, 3.8) is 0 Å². The van der Waals surface area contributed by atoms with E-state index in [1.807, 2.05) is 24.3 Å². The zero-order valence-electron chi connectivity index (χ0n) is 12.6. The van der Waals surface area contributed by atoms with Crippen LogP contribution in [0, 0.1) is 11.8 Å². The summed E-state index contributed by atoms with van der Waals surface area (Å²) in [4.78, 5) is 4.49. The average Bonchev–Trinajstić information content (AvgIpc) is 2.92. The Morgan fingerprint density at radius 1 is 1.24 bits per heavy atom. The molecule has 0 radical (unpaired) electrons. The largest absolute Gasteiger partial charge is 0.339 e. The van der Waals surface area contributed by atoms with Crippen LogP contribution in [0.25, 0.3) is 11.4 Å². The van der Waals surface area contributed by atoms with Crippen LogP contribution in [0.4, 0.5) is 0 Å². The van der Waals surface area contributed by atoms with Gasteiger partial charge < -0.3 is 10.3 Å². The van der Waals surface area contributed by atoms with Crippen LogP contribution in [0.5, 0.6) is 0 Å². The Bertz CT molecular complexity index is 568. The Balaban J connectivity index is 2.02. The molecule has 0 aliphatic heterocycles. The number of hydrogen-bond acceptors (Lipinski definition) is 4. The zero-order chi connectivity index (χ0) is 15.2. The third-order valence-electron chi connectivity index (χ3n) is 3.79. The van der Waals surface area contributed by atoms with Gasteiger partial charge in [0.2, 0.25) is 11.7 Å². The van der Waals surface area contributed by atoms with Crippen molar-refractivity contribution in [3.05, 3.63) is 34.6 Å². The highest BCUT2D eigenvalue weighted by Crippen LogP contribution is 2.26. The Labute approximate surface area is 134 Å². The van der Waals surface area contributed by atoms with Crippen molar-refractivity contribution >= 4 is 15.9 Å². The fourth-order valence-corrected chi connectivity index (χ4v) is 2.90. The van der Waals surface area contributed by atoms with E-state index in [-0.39, 0.29) is 0 Å². The first-order valence-corrected chi connectivity index (χ1v) is 8.18. The first kappa shape index (κ1) is 16.2. The van der Waals surface area contributed by atoms with Crippen LogP contribution in [0.3, 0.4) is 0 Å². The lowest BCUT2D eigenvalue weighted by atomic mass is 9.88. The molecule has 1 unspecified atom stereocenters. The molecule has 0 aliphatic rings. The molecule has 0 aliphatic carbocycles. The van der Waals surface area contributed by atoms with Gasteiger partial charge in [-0.25, -0.2) is 0 Å². The minimum atomic E-state index is 0.605. The van der Waals surface area contributed by atoms with E-state index >= 15 is 0 Å². The van der Waals surface area contributed by atoms with Gasteiger partial charge >= 0.3 is 0 Å². The van der Waals surface area contributed by atoms with Gasteiger partial charge in [-0.1, -0.05) is 47.1 Å². The lowest BCUT2D eigenvalue weighted by Gasteiger charge is -2.18. The SMILES string of the molecule is CC(C)C(CCN)CCc1nc(-c2ccccc2Br)no1. The molecule has 0 saturated carbocycles. The summed E-state index contributed by atoms with van der Waals surface area (Å²) in [7, 11) is 0. The number of benzene rings is 1. The van der Waals surface area contributed by atoms with Crippen LogP contribution in [0.1, 0.15) is 32.6 Å². The maximum absolute atomic E-state index is 5.68. The summed E-state index contributed by atoms with van der Waals surface area (Å²) in [6, 6.07) is 7.88. The molecule has 1 aromatic heterocycles. The van der Waals surface area contributed by atoms with Gasteiger partial charge in [0.25, 0.3) is 0 Å². The highest BCUT2D eigenvalue weighted by atomic mass is 79.9. The molecule has 2 aromatic rings. The Morgan fingerprint density at radius 2 is 2.00 bits per heavy atom. The molecule has 4 nitrogen and oxygen atoms in total. The van der Waals surface area contributed by atoms with Crippen LogP contribution in [0.15, 0.2) is 33.3 Å². The van der Waals surface area contributed by atoms with Crippen molar-refractivity contribution in [3.8, 4) is 11.4 Å². The molecule has 2 N–H and O–H groups in total. The number of hydrogen-bond donors (Lipinski definition) is 1. The minimum Gasteiger partial charge on any atom is -0.339 e. The van der Waals surface area contributed by atoms with E-state index in [2.05, 4.69) is 39.9 Å². The summed E-state index contributed by atoms with van der Waals surface area (Å²) in [5, 5.41) is 4.08. The van der Waals surface area contributed by atoms with E-state index in [1.165, 1.54) is 0 Å². The van der Waals surface area contributed by atoms with Gasteiger partial charge in [-0.3, -0.25) is 0 Å². The lowest BCUT2D eigenvalue weighted by molar-refractivity contribution is 0.313. The summed E-state index contributed by atoms with van der Waals surface area (Å²) < 4.78 is 6.34. The highest BCUT2D eigenvalue weighted by molar-refractivity contribution is 9.10. The second kappa shape index (κ2) is 7.71. The van der Waals surface area contributed by atoms with E-state index in [4.69, 9.17) is 10.3 Å². The smallest absolute Gasteiger partial charge is 0.226 e. The topological polar surface area (TPSA) is 64.9 Å². The van der Waals surface area contributed by atoms with Crippen LogP contribution in [-0.2, 0) is 6.42 Å². The second-order valence-corrected chi connectivity index (χ2v) is 6.47. The summed E-state index contributed by atoms with van der Waals surface area (Å²) in [5.74, 6) is 2.56. The van der Waals surface area contributed by atoms with Crippen molar-refractivity contribution in [2.24, 2.45) is 17.6 Å². The predicted molar refractivity (Wildman–Crippen MR) is 87.8 cm³/mol. The van der Waals surface area contributed by atoms with Gasteiger partial charge in [0.05, 0.1) is 0 Å². The normalized spacial score (nSPS) is 12.8. The van der Waals surface area contributed by atoms with Crippen LogP contribution in [-0.4, -0.2) is 16.7 Å². The minimum absolute atomic E-state index is 0.605. The molecule has 21 heavy (non-hydrogen) atoms. The van der Waals surface area contributed by atoms with Gasteiger partial charge in [-0.2, -0.15) is 4.98 Å². The lowest BCUT2D eigenvalue weighted by Crippen LogP contribution is -2.15. The van der Waals surface area contributed by atoms with E-state index < -0.39 is 0 Å². The Kier molecular flexibility index (Phi) is 5.94. The number of aryl methyl sites for hydroxylation is 1. The van der Waals surface area contributed by atoms with E-state index in [0.717, 1.165) is 35.8 Å². The summed E-state index contributed by atoms with van der Waals surface area (Å²) in [6.07, 6.45) is 2.88. The summed E-state index contributed by atoms with van der Waals surface area (Å²) in [6.45, 7) is 5.20. The van der Waals surface area contributed by atoms with Gasteiger partial charge in [0, 0.05) is 16.5 Å². The molecule has 0 spiro atoms. The Morgan fingerprint density at radius 3 is 2.67 bits per heavy atom. The molecule has 0 saturated heterocycles. The molecule has 1 atom stereocenters. The van der Waals surface area contributed by atoms with Gasteiger partial charge in [-0.15, -0.1) is 0 Å². The fraction of sp³-hybridized carbons (Fsp3) is 0.500. The average molecular weight is 352 g/mol.